The molecule has 8 heteroatoms. The van der Waals surface area contributed by atoms with Gasteiger partial charge in [-0.3, -0.25) is 4.79 Å². The zero-order valence-electron chi connectivity index (χ0n) is 11.2. The second kappa shape index (κ2) is 5.39. The average molecular weight is 321 g/mol. The molecule has 0 bridgehead atoms. The topological polar surface area (TPSA) is 87.3 Å². The van der Waals surface area contributed by atoms with Crippen LogP contribution in [0.5, 0.6) is 0 Å². The molecule has 0 aromatic heterocycles. The fourth-order valence-corrected chi connectivity index (χ4v) is 3.37. The molecule has 0 saturated carbocycles. The summed E-state index contributed by atoms with van der Waals surface area (Å²) in [6.45, 7) is 0. The van der Waals surface area contributed by atoms with Crippen LogP contribution in [0.2, 0.25) is 0 Å². The van der Waals surface area contributed by atoms with Gasteiger partial charge in [0.25, 0.3) is 5.91 Å². The van der Waals surface area contributed by atoms with Crippen LogP contribution in [0.3, 0.4) is 0 Å². The Hall–Kier alpha value is -2.45. The van der Waals surface area contributed by atoms with Crippen LogP contribution in [0, 0.1) is 5.82 Å². The van der Waals surface area contributed by atoms with Gasteiger partial charge in [-0.15, -0.1) is 0 Å². The van der Waals surface area contributed by atoms with E-state index in [1.165, 1.54) is 0 Å². The highest BCUT2D eigenvalue weighted by molar-refractivity contribution is 7.89. The van der Waals surface area contributed by atoms with Gasteiger partial charge in [0.1, 0.15) is 10.7 Å². The van der Waals surface area contributed by atoms with Crippen molar-refractivity contribution >= 4 is 27.3 Å². The normalized spacial score (nSPS) is 18.9. The first-order valence-corrected chi connectivity index (χ1v) is 7.88. The van der Waals surface area contributed by atoms with Crippen molar-refractivity contribution in [3.05, 3.63) is 54.3 Å². The molecule has 1 heterocycles. The third-order valence-electron chi connectivity index (χ3n) is 3.11. The molecule has 1 atom stereocenters. The summed E-state index contributed by atoms with van der Waals surface area (Å²) in [7, 11) is -3.89. The van der Waals surface area contributed by atoms with Gasteiger partial charge in [-0.1, -0.05) is 18.2 Å². The van der Waals surface area contributed by atoms with Gasteiger partial charge >= 0.3 is 0 Å². The predicted molar refractivity (Wildman–Crippen MR) is 79.2 cm³/mol. The lowest BCUT2D eigenvalue weighted by Crippen LogP contribution is -2.51. The molecule has 0 unspecified atom stereocenters. The van der Waals surface area contributed by atoms with E-state index >= 15 is 0 Å². The standard InChI is InChI=1S/C14H12FN3O3S/c15-9-6-7-12-11(8-9)17-13(18-22(12,20)21)14(19)16-10-4-2-1-3-5-10/h1-8,13,17-18H,(H,16,19)/t13-/m0/s1. The van der Waals surface area contributed by atoms with Crippen LogP contribution in [0.15, 0.2) is 53.4 Å². The van der Waals surface area contributed by atoms with Crippen LogP contribution in [0.4, 0.5) is 15.8 Å². The molecular formula is C14H12FN3O3S. The van der Waals surface area contributed by atoms with Gasteiger partial charge in [-0.25, -0.2) is 12.8 Å². The van der Waals surface area contributed by atoms with Gasteiger partial charge in [0.15, 0.2) is 6.17 Å². The van der Waals surface area contributed by atoms with E-state index in [2.05, 4.69) is 15.4 Å². The predicted octanol–water partition coefficient (Wildman–Crippen LogP) is 1.49. The number of rotatable bonds is 2. The van der Waals surface area contributed by atoms with Crippen molar-refractivity contribution < 1.29 is 17.6 Å². The van der Waals surface area contributed by atoms with Crippen LogP contribution in [0.1, 0.15) is 0 Å². The number of carbonyl (C=O) groups is 1. The summed E-state index contributed by atoms with van der Waals surface area (Å²) in [6.07, 6.45) is -1.22. The van der Waals surface area contributed by atoms with Crippen molar-refractivity contribution in [1.29, 1.82) is 0 Å². The summed E-state index contributed by atoms with van der Waals surface area (Å²) in [4.78, 5) is 12.1. The zero-order valence-corrected chi connectivity index (χ0v) is 12.0. The molecule has 3 rings (SSSR count). The van der Waals surface area contributed by atoms with Crippen molar-refractivity contribution in [1.82, 2.24) is 4.72 Å². The lowest BCUT2D eigenvalue weighted by molar-refractivity contribution is -0.117. The molecule has 2 aromatic rings. The number of benzene rings is 2. The molecule has 1 aliphatic rings. The molecular weight excluding hydrogens is 309 g/mol. The quantitative estimate of drug-likeness (QED) is 0.782. The number of nitrogens with one attached hydrogen (secondary N) is 3. The molecule has 114 valence electrons. The maximum Gasteiger partial charge on any atom is 0.262 e. The van der Waals surface area contributed by atoms with Gasteiger partial charge in [0.2, 0.25) is 10.0 Å². The average Bonchev–Trinajstić information content (AvgIpc) is 2.46. The van der Waals surface area contributed by atoms with Gasteiger partial charge in [-0.2, -0.15) is 4.72 Å². The van der Waals surface area contributed by atoms with Gasteiger partial charge in [-0.05, 0) is 30.3 Å². The lowest BCUT2D eigenvalue weighted by Gasteiger charge is -2.27. The van der Waals surface area contributed by atoms with Gasteiger partial charge < -0.3 is 10.6 Å². The third kappa shape index (κ3) is 2.78. The lowest BCUT2D eigenvalue weighted by atomic mass is 10.2. The molecule has 0 saturated heterocycles. The molecule has 0 spiro atoms. The Morgan fingerprint density at radius 3 is 2.59 bits per heavy atom. The van der Waals surface area contributed by atoms with E-state index < -0.39 is 27.9 Å². The first-order valence-electron chi connectivity index (χ1n) is 6.40. The third-order valence-corrected chi connectivity index (χ3v) is 4.59. The molecule has 2 aromatic carbocycles. The molecule has 1 amide bonds. The number of carbonyl (C=O) groups excluding carboxylic acids is 1. The van der Waals surface area contributed by atoms with Crippen molar-refractivity contribution in [2.24, 2.45) is 0 Å². The Morgan fingerprint density at radius 2 is 1.86 bits per heavy atom. The van der Waals surface area contributed by atoms with E-state index in [9.17, 15) is 17.6 Å². The fourth-order valence-electron chi connectivity index (χ4n) is 2.11. The van der Waals surface area contributed by atoms with Crippen LogP contribution in [-0.4, -0.2) is 20.5 Å². The Morgan fingerprint density at radius 1 is 1.14 bits per heavy atom. The smallest absolute Gasteiger partial charge is 0.262 e. The molecule has 22 heavy (non-hydrogen) atoms. The summed E-state index contributed by atoms with van der Waals surface area (Å²) < 4.78 is 39.7. The number of hydrogen-bond donors (Lipinski definition) is 3. The monoisotopic (exact) mass is 321 g/mol. The number of sulfonamides is 1. The minimum atomic E-state index is -3.89. The molecule has 0 radical (unpaired) electrons. The maximum atomic E-state index is 13.3. The maximum absolute atomic E-state index is 13.3. The van der Waals surface area contributed by atoms with Crippen molar-refractivity contribution in [3.8, 4) is 0 Å². The molecule has 0 fully saturated rings. The molecule has 0 aliphatic carbocycles. The Kier molecular flexibility index (Phi) is 3.55. The Balaban J connectivity index is 1.87. The van der Waals surface area contributed by atoms with Crippen molar-refractivity contribution in [3.63, 3.8) is 0 Å². The summed E-state index contributed by atoms with van der Waals surface area (Å²) in [5.41, 5.74) is 0.575. The minimum Gasteiger partial charge on any atom is -0.360 e. The van der Waals surface area contributed by atoms with Gasteiger partial charge in [0.05, 0.1) is 5.69 Å². The number of anilines is 2. The highest BCUT2D eigenvalue weighted by atomic mass is 32.2. The highest BCUT2D eigenvalue weighted by Gasteiger charge is 2.33. The van der Waals surface area contributed by atoms with Crippen molar-refractivity contribution in [2.75, 3.05) is 10.6 Å². The number of para-hydroxylation sites is 1. The van der Waals surface area contributed by atoms with Crippen LogP contribution in [-0.2, 0) is 14.8 Å². The molecule has 1 aliphatic heterocycles. The largest absolute Gasteiger partial charge is 0.360 e. The van der Waals surface area contributed by atoms with Crippen molar-refractivity contribution in [2.45, 2.75) is 11.1 Å². The second-order valence-corrected chi connectivity index (χ2v) is 6.38. The Labute approximate surface area is 126 Å². The summed E-state index contributed by atoms with van der Waals surface area (Å²) in [6, 6.07) is 11.8. The summed E-state index contributed by atoms with van der Waals surface area (Å²) in [5, 5.41) is 5.24. The first-order chi connectivity index (χ1) is 10.5. The van der Waals surface area contributed by atoms with Crippen LogP contribution in [0.25, 0.3) is 0 Å². The van der Waals surface area contributed by atoms with Crippen LogP contribution < -0.4 is 15.4 Å². The van der Waals surface area contributed by atoms with E-state index in [-0.39, 0.29) is 10.6 Å². The van der Waals surface area contributed by atoms with E-state index in [1.54, 1.807) is 30.3 Å². The highest BCUT2D eigenvalue weighted by Crippen LogP contribution is 2.26. The van der Waals surface area contributed by atoms with E-state index in [1.807, 2.05) is 0 Å². The summed E-state index contributed by atoms with van der Waals surface area (Å²) >= 11 is 0. The SMILES string of the molecule is O=C(Nc1ccccc1)[C@H]1Nc2cc(F)ccc2S(=O)(=O)N1. The van der Waals surface area contributed by atoms with E-state index in [4.69, 9.17) is 0 Å². The first kappa shape index (κ1) is 14.5. The number of amides is 1. The second-order valence-electron chi connectivity index (χ2n) is 4.69. The zero-order chi connectivity index (χ0) is 15.7. The molecule has 6 nitrogen and oxygen atoms in total. The Bertz CT molecular complexity index is 824. The van der Waals surface area contributed by atoms with Crippen LogP contribution >= 0.6 is 0 Å². The van der Waals surface area contributed by atoms with E-state index in [0.717, 1.165) is 18.2 Å². The fraction of sp³-hybridized carbons (Fsp3) is 0.0714. The molecule has 3 N–H and O–H groups in total. The van der Waals surface area contributed by atoms with E-state index in [0.29, 0.717) is 5.69 Å². The number of fused-ring (bicyclic) bond motifs is 1. The summed E-state index contributed by atoms with van der Waals surface area (Å²) in [5.74, 6) is -1.18. The number of hydrogen-bond acceptors (Lipinski definition) is 4. The number of halogens is 1. The van der Waals surface area contributed by atoms with Gasteiger partial charge in [0, 0.05) is 5.69 Å². The minimum absolute atomic E-state index is 0.0481.